The second-order valence-corrected chi connectivity index (χ2v) is 8.42. The van der Waals surface area contributed by atoms with Gasteiger partial charge >= 0.3 is 5.97 Å². The first kappa shape index (κ1) is 20.4. The van der Waals surface area contributed by atoms with Gasteiger partial charge in [0.1, 0.15) is 0 Å². The molecule has 0 spiro atoms. The molecule has 0 saturated carbocycles. The van der Waals surface area contributed by atoms with E-state index in [9.17, 15) is 13.2 Å². The molecule has 2 rings (SSSR count). The number of hydrogen-bond acceptors (Lipinski definition) is 4. The standard InChI is InChI=1S/C18H21ClN2O4S/c1-20(2)10-11-21(13-14-6-4-3-5-7-14)26(24,25)15-8-9-16(18(22)23)17(19)12-15/h3-9,12H,10-11,13H2,1-2H3,(H,22,23). The van der Waals surface area contributed by atoms with Crippen LogP contribution in [0, 0.1) is 0 Å². The summed E-state index contributed by atoms with van der Waals surface area (Å²) in [6.45, 7) is 1.06. The molecule has 26 heavy (non-hydrogen) atoms. The molecular weight excluding hydrogens is 376 g/mol. The number of benzene rings is 2. The minimum atomic E-state index is -3.83. The second kappa shape index (κ2) is 8.64. The van der Waals surface area contributed by atoms with E-state index in [2.05, 4.69) is 0 Å². The summed E-state index contributed by atoms with van der Waals surface area (Å²) in [5.41, 5.74) is 0.733. The van der Waals surface area contributed by atoms with Crippen molar-refractivity contribution in [2.24, 2.45) is 0 Å². The Kier molecular flexibility index (Phi) is 6.77. The lowest BCUT2D eigenvalue weighted by molar-refractivity contribution is 0.0697. The first-order valence-electron chi connectivity index (χ1n) is 7.93. The minimum absolute atomic E-state index is 0.0258. The highest BCUT2D eigenvalue weighted by Crippen LogP contribution is 2.24. The number of aromatic carboxylic acids is 1. The number of nitrogens with zero attached hydrogens (tertiary/aromatic N) is 2. The molecular formula is C18H21ClN2O4S. The quantitative estimate of drug-likeness (QED) is 0.742. The highest BCUT2D eigenvalue weighted by atomic mass is 35.5. The van der Waals surface area contributed by atoms with Crippen LogP contribution < -0.4 is 0 Å². The van der Waals surface area contributed by atoms with Crippen LogP contribution in [-0.4, -0.2) is 55.9 Å². The first-order chi connectivity index (χ1) is 12.2. The Hall–Kier alpha value is -1.93. The van der Waals surface area contributed by atoms with Gasteiger partial charge in [0.05, 0.1) is 15.5 Å². The summed E-state index contributed by atoms with van der Waals surface area (Å²) in [5.74, 6) is -1.20. The average molecular weight is 397 g/mol. The Morgan fingerprint density at radius 2 is 1.73 bits per heavy atom. The molecule has 0 aliphatic rings. The second-order valence-electron chi connectivity index (χ2n) is 6.07. The molecule has 140 valence electrons. The van der Waals surface area contributed by atoms with Gasteiger partial charge in [0.2, 0.25) is 10.0 Å². The van der Waals surface area contributed by atoms with Gasteiger partial charge in [-0.2, -0.15) is 4.31 Å². The van der Waals surface area contributed by atoms with E-state index in [-0.39, 0.29) is 22.0 Å². The molecule has 0 radical (unpaired) electrons. The molecule has 0 atom stereocenters. The van der Waals surface area contributed by atoms with Crippen LogP contribution in [0.4, 0.5) is 0 Å². The van der Waals surface area contributed by atoms with E-state index in [1.807, 2.05) is 49.3 Å². The van der Waals surface area contributed by atoms with Gasteiger partial charge in [0, 0.05) is 19.6 Å². The van der Waals surface area contributed by atoms with Crippen molar-refractivity contribution < 1.29 is 18.3 Å². The predicted molar refractivity (Wildman–Crippen MR) is 101 cm³/mol. The lowest BCUT2D eigenvalue weighted by Gasteiger charge is -2.24. The Labute approximate surface area is 158 Å². The Bertz CT molecular complexity index is 870. The number of halogens is 1. The van der Waals surface area contributed by atoms with E-state index in [1.165, 1.54) is 22.5 Å². The molecule has 0 heterocycles. The molecule has 1 N–H and O–H groups in total. The minimum Gasteiger partial charge on any atom is -0.478 e. The van der Waals surface area contributed by atoms with Crippen LogP contribution in [0.15, 0.2) is 53.4 Å². The summed E-state index contributed by atoms with van der Waals surface area (Å²) in [7, 11) is -0.0968. The number of carbonyl (C=O) groups is 1. The largest absolute Gasteiger partial charge is 0.478 e. The maximum Gasteiger partial charge on any atom is 0.337 e. The van der Waals surface area contributed by atoms with Gasteiger partial charge in [0.25, 0.3) is 0 Å². The van der Waals surface area contributed by atoms with Gasteiger partial charge in [-0.3, -0.25) is 0 Å². The van der Waals surface area contributed by atoms with Gasteiger partial charge in [-0.25, -0.2) is 13.2 Å². The zero-order valence-corrected chi connectivity index (χ0v) is 16.2. The molecule has 6 nitrogen and oxygen atoms in total. The highest BCUT2D eigenvalue weighted by molar-refractivity contribution is 7.89. The van der Waals surface area contributed by atoms with E-state index < -0.39 is 16.0 Å². The maximum atomic E-state index is 13.1. The van der Waals surface area contributed by atoms with E-state index >= 15 is 0 Å². The van der Waals surface area contributed by atoms with E-state index in [0.717, 1.165) is 5.56 Å². The number of carboxylic acid groups (broad SMARTS) is 1. The predicted octanol–water partition coefficient (Wildman–Crippen LogP) is 2.79. The van der Waals surface area contributed by atoms with Gasteiger partial charge in [-0.1, -0.05) is 41.9 Å². The Balaban J connectivity index is 2.37. The Morgan fingerprint density at radius 3 is 2.27 bits per heavy atom. The molecule has 2 aromatic carbocycles. The van der Waals surface area contributed by atoms with E-state index in [4.69, 9.17) is 16.7 Å². The van der Waals surface area contributed by atoms with Crippen molar-refractivity contribution >= 4 is 27.6 Å². The Morgan fingerprint density at radius 1 is 1.08 bits per heavy atom. The zero-order chi connectivity index (χ0) is 19.3. The molecule has 2 aromatic rings. The van der Waals surface area contributed by atoms with Crippen molar-refractivity contribution in [2.75, 3.05) is 27.2 Å². The summed E-state index contributed by atoms with van der Waals surface area (Å²) in [5, 5.41) is 8.95. The van der Waals surface area contributed by atoms with Crippen LogP contribution in [0.3, 0.4) is 0 Å². The van der Waals surface area contributed by atoms with Crippen molar-refractivity contribution in [3.8, 4) is 0 Å². The fraction of sp³-hybridized carbons (Fsp3) is 0.278. The SMILES string of the molecule is CN(C)CCN(Cc1ccccc1)S(=O)(=O)c1ccc(C(=O)O)c(Cl)c1. The molecule has 0 aliphatic heterocycles. The summed E-state index contributed by atoms with van der Waals surface area (Å²) in [4.78, 5) is 13.0. The number of rotatable bonds is 8. The number of sulfonamides is 1. The molecule has 0 unspecified atom stereocenters. The smallest absolute Gasteiger partial charge is 0.337 e. The summed E-state index contributed by atoms with van der Waals surface area (Å²) in [6, 6.07) is 13.0. The highest BCUT2D eigenvalue weighted by Gasteiger charge is 2.26. The van der Waals surface area contributed by atoms with Crippen LogP contribution >= 0.6 is 11.6 Å². The average Bonchev–Trinajstić information content (AvgIpc) is 2.58. The first-order valence-corrected chi connectivity index (χ1v) is 9.75. The molecule has 0 aromatic heterocycles. The van der Waals surface area contributed by atoms with Crippen molar-refractivity contribution in [3.05, 3.63) is 64.7 Å². The number of carboxylic acids is 1. The lowest BCUT2D eigenvalue weighted by atomic mass is 10.2. The normalized spacial score (nSPS) is 11.9. The molecule has 8 heteroatoms. The van der Waals surface area contributed by atoms with E-state index in [1.54, 1.807) is 0 Å². The third kappa shape index (κ3) is 5.04. The number of likely N-dealkylation sites (N-methyl/N-ethyl adjacent to an activating group) is 1. The maximum absolute atomic E-state index is 13.1. The topological polar surface area (TPSA) is 77.9 Å². The van der Waals surface area contributed by atoms with Crippen molar-refractivity contribution in [1.82, 2.24) is 9.21 Å². The van der Waals surface area contributed by atoms with Crippen LogP contribution in [0.5, 0.6) is 0 Å². The summed E-state index contributed by atoms with van der Waals surface area (Å²) in [6.07, 6.45) is 0. The molecule has 0 bridgehead atoms. The fourth-order valence-electron chi connectivity index (χ4n) is 2.36. The molecule has 0 saturated heterocycles. The van der Waals surface area contributed by atoms with Gasteiger partial charge in [-0.05, 0) is 37.9 Å². The summed E-state index contributed by atoms with van der Waals surface area (Å²) < 4.78 is 27.5. The molecule has 0 aliphatic carbocycles. The lowest BCUT2D eigenvalue weighted by Crippen LogP contribution is -2.36. The van der Waals surface area contributed by atoms with Crippen LogP contribution in [-0.2, 0) is 16.6 Å². The number of hydrogen-bond donors (Lipinski definition) is 1. The van der Waals surface area contributed by atoms with E-state index in [0.29, 0.717) is 13.1 Å². The monoisotopic (exact) mass is 396 g/mol. The molecule has 0 fully saturated rings. The third-order valence-corrected chi connectivity index (χ3v) is 5.96. The zero-order valence-electron chi connectivity index (χ0n) is 14.6. The van der Waals surface area contributed by atoms with Crippen LogP contribution in [0.1, 0.15) is 15.9 Å². The van der Waals surface area contributed by atoms with Crippen LogP contribution in [0.25, 0.3) is 0 Å². The summed E-state index contributed by atoms with van der Waals surface area (Å²) >= 11 is 5.95. The third-order valence-electron chi connectivity index (χ3n) is 3.81. The van der Waals surface area contributed by atoms with Crippen molar-refractivity contribution in [2.45, 2.75) is 11.4 Å². The van der Waals surface area contributed by atoms with Crippen molar-refractivity contribution in [1.29, 1.82) is 0 Å². The van der Waals surface area contributed by atoms with Crippen molar-refractivity contribution in [3.63, 3.8) is 0 Å². The van der Waals surface area contributed by atoms with Crippen LogP contribution in [0.2, 0.25) is 5.02 Å². The van der Waals surface area contributed by atoms with Gasteiger partial charge < -0.3 is 10.0 Å². The fourth-order valence-corrected chi connectivity index (χ4v) is 4.13. The van der Waals surface area contributed by atoms with Gasteiger partial charge in [0.15, 0.2) is 0 Å². The molecule has 0 amide bonds. The van der Waals surface area contributed by atoms with Gasteiger partial charge in [-0.15, -0.1) is 0 Å².